The van der Waals surface area contributed by atoms with Crippen LogP contribution in [-0.2, 0) is 9.47 Å². The second-order valence-electron chi connectivity index (χ2n) is 3.64. The van der Waals surface area contributed by atoms with Crippen molar-refractivity contribution in [3.05, 3.63) is 0 Å². The first kappa shape index (κ1) is 16.0. The van der Waals surface area contributed by atoms with E-state index < -0.39 is 8.80 Å². The van der Waals surface area contributed by atoms with E-state index in [9.17, 15) is 0 Å². The highest BCUT2D eigenvalue weighted by Gasteiger charge is 2.21. The van der Waals surface area contributed by atoms with E-state index in [1.807, 2.05) is 0 Å². The lowest BCUT2D eigenvalue weighted by Gasteiger charge is -2.22. The number of nitrogens with one attached hydrogen (secondary N) is 1. The van der Waals surface area contributed by atoms with Crippen LogP contribution in [0.15, 0.2) is 0 Å². The summed E-state index contributed by atoms with van der Waals surface area (Å²) in [6.07, 6.45) is 1.14. The molecule has 0 heterocycles. The van der Waals surface area contributed by atoms with Crippen molar-refractivity contribution in [1.29, 1.82) is 0 Å². The van der Waals surface area contributed by atoms with Crippen LogP contribution in [0.25, 0.3) is 0 Å². The van der Waals surface area contributed by atoms with Gasteiger partial charge in [0.15, 0.2) is 0 Å². The molecule has 0 unspecified atom stereocenters. The summed E-state index contributed by atoms with van der Waals surface area (Å²) in [5.41, 5.74) is 11.0. The van der Waals surface area contributed by atoms with Gasteiger partial charge in [-0.15, -0.1) is 0 Å². The highest BCUT2D eigenvalue weighted by atomic mass is 28.3. The molecule has 6 heteroatoms. The Morgan fingerprint density at radius 1 is 1.06 bits per heavy atom. The molecule has 0 aromatic carbocycles. The summed E-state index contributed by atoms with van der Waals surface area (Å²) in [5, 5.41) is 3.29. The van der Waals surface area contributed by atoms with Crippen LogP contribution >= 0.6 is 0 Å². The summed E-state index contributed by atoms with van der Waals surface area (Å²) >= 11 is 0. The summed E-state index contributed by atoms with van der Waals surface area (Å²) in [7, 11) is 2.73. The quantitative estimate of drug-likeness (QED) is 0.262. The van der Waals surface area contributed by atoms with Crippen LogP contribution in [0.3, 0.4) is 0 Å². The molecule has 0 saturated heterocycles. The van der Waals surface area contributed by atoms with Gasteiger partial charge in [0, 0.05) is 27.3 Å². The molecule has 0 rings (SSSR count). The SMILES string of the molecule is COC(OC)[Si](CCN)CCCNCCN. The van der Waals surface area contributed by atoms with Crippen molar-refractivity contribution in [2.75, 3.05) is 40.4 Å². The summed E-state index contributed by atoms with van der Waals surface area (Å²) in [4.78, 5) is 0. The topological polar surface area (TPSA) is 82.5 Å². The third-order valence-corrected chi connectivity index (χ3v) is 5.46. The third-order valence-electron chi connectivity index (χ3n) is 2.40. The first-order chi connectivity index (χ1) is 7.79. The van der Waals surface area contributed by atoms with E-state index in [0.717, 1.165) is 31.6 Å². The molecule has 5 N–H and O–H groups in total. The number of ether oxygens (including phenoxy) is 2. The maximum atomic E-state index is 5.61. The minimum Gasteiger partial charge on any atom is -0.360 e. The molecular weight excluding hydrogens is 222 g/mol. The monoisotopic (exact) mass is 248 g/mol. The van der Waals surface area contributed by atoms with Gasteiger partial charge in [-0.3, -0.25) is 0 Å². The smallest absolute Gasteiger partial charge is 0.138 e. The highest BCUT2D eigenvalue weighted by Crippen LogP contribution is 2.10. The Bertz CT molecular complexity index is 148. The standard InChI is InChI=1S/C10H26N3O2Si/c1-14-10(15-2)16(9-5-12)8-3-6-13-7-4-11/h10,13H,3-9,11-12H2,1-2H3. The lowest BCUT2D eigenvalue weighted by atomic mass is 10.5. The fourth-order valence-electron chi connectivity index (χ4n) is 1.64. The second-order valence-corrected chi connectivity index (χ2v) is 6.43. The van der Waals surface area contributed by atoms with Crippen LogP contribution in [0.4, 0.5) is 0 Å². The van der Waals surface area contributed by atoms with Crippen LogP contribution in [-0.4, -0.2) is 55.1 Å². The van der Waals surface area contributed by atoms with Crippen molar-refractivity contribution < 1.29 is 9.47 Å². The van der Waals surface area contributed by atoms with Gasteiger partial charge in [-0.1, -0.05) is 6.04 Å². The van der Waals surface area contributed by atoms with Gasteiger partial charge in [0.05, 0.1) is 0 Å². The Balaban J connectivity index is 3.74. The van der Waals surface area contributed by atoms with Crippen LogP contribution < -0.4 is 16.8 Å². The molecule has 0 fully saturated rings. The zero-order valence-corrected chi connectivity index (χ0v) is 11.5. The maximum absolute atomic E-state index is 5.61. The molecule has 0 aliphatic carbocycles. The average Bonchev–Trinajstić information content (AvgIpc) is 2.30. The van der Waals surface area contributed by atoms with Gasteiger partial charge in [0.2, 0.25) is 0 Å². The molecule has 0 aliphatic heterocycles. The summed E-state index contributed by atoms with van der Waals surface area (Å²) in [5.74, 6) is -0.0388. The third kappa shape index (κ3) is 7.32. The first-order valence-electron chi connectivity index (χ1n) is 5.81. The average molecular weight is 248 g/mol. The molecule has 97 valence electrons. The number of nitrogens with two attached hydrogens (primary N) is 2. The zero-order chi connectivity index (χ0) is 12.2. The predicted molar refractivity (Wildman–Crippen MR) is 68.8 cm³/mol. The van der Waals surface area contributed by atoms with Crippen LogP contribution in [0.5, 0.6) is 0 Å². The van der Waals surface area contributed by atoms with Gasteiger partial charge < -0.3 is 26.3 Å². The van der Waals surface area contributed by atoms with Crippen molar-refractivity contribution in [3.8, 4) is 0 Å². The highest BCUT2D eigenvalue weighted by molar-refractivity contribution is 6.59. The fraction of sp³-hybridized carbons (Fsp3) is 1.00. The van der Waals surface area contributed by atoms with Crippen LogP contribution in [0, 0.1) is 0 Å². The van der Waals surface area contributed by atoms with Gasteiger partial charge in [0.1, 0.15) is 14.7 Å². The van der Waals surface area contributed by atoms with Gasteiger partial charge >= 0.3 is 0 Å². The Hall–Kier alpha value is 0.0169. The molecule has 0 amide bonds. The molecule has 16 heavy (non-hydrogen) atoms. The van der Waals surface area contributed by atoms with Crippen LogP contribution in [0.1, 0.15) is 6.42 Å². The van der Waals surface area contributed by atoms with Crippen molar-refractivity contribution in [1.82, 2.24) is 5.32 Å². The number of hydrogen-bond donors (Lipinski definition) is 3. The Morgan fingerprint density at radius 3 is 2.25 bits per heavy atom. The Morgan fingerprint density at radius 2 is 1.75 bits per heavy atom. The normalized spacial score (nSPS) is 11.6. The zero-order valence-electron chi connectivity index (χ0n) is 10.5. The van der Waals surface area contributed by atoms with E-state index in [2.05, 4.69) is 5.32 Å². The Kier molecular flexibility index (Phi) is 11.5. The van der Waals surface area contributed by atoms with E-state index in [1.165, 1.54) is 0 Å². The summed E-state index contributed by atoms with van der Waals surface area (Å²) in [6.45, 7) is 3.31. The van der Waals surface area contributed by atoms with Gasteiger partial charge in [-0.25, -0.2) is 0 Å². The molecular formula is C10H26N3O2Si. The van der Waals surface area contributed by atoms with Crippen molar-refractivity contribution >= 4 is 8.80 Å². The van der Waals surface area contributed by atoms with Gasteiger partial charge in [-0.2, -0.15) is 0 Å². The van der Waals surface area contributed by atoms with Gasteiger partial charge in [-0.05, 0) is 25.6 Å². The second kappa shape index (κ2) is 11.5. The number of methoxy groups -OCH3 is 2. The number of hydrogen-bond acceptors (Lipinski definition) is 5. The first-order valence-corrected chi connectivity index (χ1v) is 7.80. The van der Waals surface area contributed by atoms with Crippen molar-refractivity contribution in [2.24, 2.45) is 11.5 Å². The minimum absolute atomic E-state index is 0.0388. The molecule has 0 aliphatic rings. The van der Waals surface area contributed by atoms with Crippen molar-refractivity contribution in [2.45, 2.75) is 24.4 Å². The van der Waals surface area contributed by atoms with E-state index in [1.54, 1.807) is 14.2 Å². The lowest BCUT2D eigenvalue weighted by molar-refractivity contribution is -0.0475. The molecule has 0 aromatic rings. The Labute approximate surface area is 100 Å². The van der Waals surface area contributed by atoms with Gasteiger partial charge in [0.25, 0.3) is 0 Å². The number of rotatable bonds is 11. The molecule has 0 spiro atoms. The fourth-order valence-corrected chi connectivity index (χ4v) is 4.03. The molecule has 5 nitrogen and oxygen atoms in total. The minimum atomic E-state index is -0.663. The largest absolute Gasteiger partial charge is 0.360 e. The molecule has 0 aromatic heterocycles. The van der Waals surface area contributed by atoms with E-state index in [-0.39, 0.29) is 5.91 Å². The van der Waals surface area contributed by atoms with Crippen LogP contribution in [0.2, 0.25) is 12.1 Å². The van der Waals surface area contributed by atoms with E-state index in [0.29, 0.717) is 13.1 Å². The maximum Gasteiger partial charge on any atom is 0.138 e. The lowest BCUT2D eigenvalue weighted by Crippen LogP contribution is -2.36. The predicted octanol–water partition coefficient (Wildman–Crippen LogP) is -0.464. The molecule has 0 atom stereocenters. The summed E-state index contributed by atoms with van der Waals surface area (Å²) in [6, 6.07) is 2.19. The van der Waals surface area contributed by atoms with Crippen molar-refractivity contribution in [3.63, 3.8) is 0 Å². The molecule has 0 bridgehead atoms. The van der Waals surface area contributed by atoms with E-state index in [4.69, 9.17) is 20.9 Å². The molecule has 0 saturated carbocycles. The van der Waals surface area contributed by atoms with E-state index >= 15 is 0 Å². The molecule has 1 radical (unpaired) electrons. The summed E-state index contributed by atoms with van der Waals surface area (Å²) < 4.78 is 10.6.